The van der Waals surface area contributed by atoms with Crippen molar-refractivity contribution in [1.82, 2.24) is 0 Å². The Balaban J connectivity index is 1.91. The minimum Gasteiger partial charge on any atom is -0.204 e. The normalized spacial score (nSPS) is 11.1. The minimum absolute atomic E-state index is 0.298. The van der Waals surface area contributed by atoms with E-state index in [4.69, 9.17) is 0 Å². The van der Waals surface area contributed by atoms with Gasteiger partial charge in [-0.1, -0.05) is 36.4 Å². The summed E-state index contributed by atoms with van der Waals surface area (Å²) in [7, 11) is 0. The number of thiocarbonyl (C=S) groups is 1. The summed E-state index contributed by atoms with van der Waals surface area (Å²) in [4.78, 5) is 3.35. The van der Waals surface area contributed by atoms with Gasteiger partial charge in [-0.3, -0.25) is 0 Å². The molecule has 3 aromatic carbocycles. The van der Waals surface area contributed by atoms with Gasteiger partial charge in [-0.15, -0.1) is 0 Å². The van der Waals surface area contributed by atoms with Gasteiger partial charge < -0.3 is 0 Å². The highest BCUT2D eigenvalue weighted by Crippen LogP contribution is 2.33. The van der Waals surface area contributed by atoms with Crippen LogP contribution in [-0.2, 0) is 6.18 Å². The summed E-state index contributed by atoms with van der Waals surface area (Å²) in [5.74, 6) is -1.73. The van der Waals surface area contributed by atoms with Crippen molar-refractivity contribution in [3.8, 4) is 22.3 Å². The molecule has 3 rings (SSSR count). The van der Waals surface area contributed by atoms with E-state index in [1.54, 1.807) is 24.3 Å². The lowest BCUT2D eigenvalue weighted by Crippen LogP contribution is -2.03. The first-order chi connectivity index (χ1) is 12.8. The number of hydrogen-bond acceptors (Lipinski definition) is 2. The zero-order chi connectivity index (χ0) is 19.6. The Kier molecular flexibility index (Phi) is 5.17. The molecule has 27 heavy (non-hydrogen) atoms. The summed E-state index contributed by atoms with van der Waals surface area (Å²) >= 11 is 4.36. The van der Waals surface area contributed by atoms with Crippen molar-refractivity contribution >= 4 is 23.1 Å². The highest BCUT2D eigenvalue weighted by Gasteiger charge is 2.29. The van der Waals surface area contributed by atoms with Gasteiger partial charge in [0.2, 0.25) is 0 Å². The molecule has 0 aliphatic rings. The summed E-state index contributed by atoms with van der Waals surface area (Å²) < 4.78 is 65.8. The summed E-state index contributed by atoms with van der Waals surface area (Å²) in [5, 5.41) is 1.92. The van der Waals surface area contributed by atoms with Gasteiger partial charge in [-0.05, 0) is 58.7 Å². The van der Waals surface area contributed by atoms with Crippen LogP contribution in [0.15, 0.2) is 65.7 Å². The Morgan fingerprint density at radius 1 is 0.704 bits per heavy atom. The largest absolute Gasteiger partial charge is 0.416 e. The Morgan fingerprint density at radius 3 is 1.52 bits per heavy atom. The van der Waals surface area contributed by atoms with E-state index < -0.39 is 29.1 Å². The molecular formula is C20H10F5NS. The number of hydrogen-bond donors (Lipinski definition) is 0. The third-order valence-electron chi connectivity index (χ3n) is 3.94. The molecule has 7 heteroatoms. The van der Waals surface area contributed by atoms with E-state index in [9.17, 15) is 22.0 Å². The van der Waals surface area contributed by atoms with Gasteiger partial charge in [-0.2, -0.15) is 18.2 Å². The van der Waals surface area contributed by atoms with Gasteiger partial charge in [0.15, 0.2) is 11.6 Å². The number of aliphatic imine (C=N–C) groups is 1. The van der Waals surface area contributed by atoms with Crippen LogP contribution in [0, 0.1) is 11.6 Å². The zero-order valence-corrected chi connectivity index (χ0v) is 14.3. The molecule has 3 aromatic rings. The maximum atomic E-state index is 14.0. The predicted molar refractivity (Wildman–Crippen MR) is 96.9 cm³/mol. The molecule has 0 unspecified atom stereocenters. The zero-order valence-electron chi connectivity index (χ0n) is 13.5. The van der Waals surface area contributed by atoms with E-state index in [0.29, 0.717) is 22.3 Å². The molecule has 0 saturated heterocycles. The van der Waals surface area contributed by atoms with Crippen LogP contribution in [0.4, 0.5) is 27.6 Å². The Bertz CT molecular complexity index is 995. The van der Waals surface area contributed by atoms with Gasteiger partial charge in [-0.25, -0.2) is 8.78 Å². The van der Waals surface area contributed by atoms with Crippen molar-refractivity contribution in [2.45, 2.75) is 6.18 Å². The molecule has 0 spiro atoms. The third kappa shape index (κ3) is 4.10. The number of isothiocyanates is 1. The maximum absolute atomic E-state index is 14.0. The molecule has 0 radical (unpaired) electrons. The third-order valence-corrected chi connectivity index (χ3v) is 4.03. The standard InChI is InChI=1S/C20H10F5NS/c21-17-9-15(10-18(22)19(17)26-11-27)14-3-1-12(2-4-14)13-5-7-16(8-6-13)20(23,24)25/h1-10H. The van der Waals surface area contributed by atoms with Crippen LogP contribution in [0.1, 0.15) is 5.56 Å². The van der Waals surface area contributed by atoms with Crippen molar-refractivity contribution in [2.75, 3.05) is 0 Å². The molecule has 0 heterocycles. The predicted octanol–water partition coefficient (Wildman–Crippen LogP) is 7.05. The van der Waals surface area contributed by atoms with Crippen LogP contribution in [0.5, 0.6) is 0 Å². The smallest absolute Gasteiger partial charge is 0.204 e. The number of nitrogens with zero attached hydrogens (tertiary/aromatic N) is 1. The average Bonchev–Trinajstić information content (AvgIpc) is 2.64. The minimum atomic E-state index is -4.39. The Morgan fingerprint density at radius 2 is 1.11 bits per heavy atom. The van der Waals surface area contributed by atoms with Crippen LogP contribution >= 0.6 is 12.2 Å². The van der Waals surface area contributed by atoms with E-state index in [2.05, 4.69) is 17.2 Å². The van der Waals surface area contributed by atoms with Crippen molar-refractivity contribution in [2.24, 2.45) is 4.99 Å². The number of benzene rings is 3. The van der Waals surface area contributed by atoms with Crippen molar-refractivity contribution in [3.63, 3.8) is 0 Å². The monoisotopic (exact) mass is 391 g/mol. The topological polar surface area (TPSA) is 12.4 Å². The van der Waals surface area contributed by atoms with E-state index in [-0.39, 0.29) is 0 Å². The van der Waals surface area contributed by atoms with Crippen LogP contribution in [0.25, 0.3) is 22.3 Å². The summed E-state index contributed by atoms with van der Waals surface area (Å²) in [6.45, 7) is 0. The van der Waals surface area contributed by atoms with E-state index in [1.807, 2.05) is 5.16 Å². The number of halogens is 5. The molecule has 1 nitrogen and oxygen atoms in total. The Labute approximate surface area is 156 Å². The molecule has 136 valence electrons. The first-order valence-electron chi connectivity index (χ1n) is 7.64. The Hall–Kier alpha value is -2.89. The van der Waals surface area contributed by atoms with Crippen LogP contribution < -0.4 is 0 Å². The summed E-state index contributed by atoms with van der Waals surface area (Å²) in [5.41, 5.74) is 0.879. The fourth-order valence-electron chi connectivity index (χ4n) is 2.59. The number of rotatable bonds is 3. The average molecular weight is 391 g/mol. The molecule has 0 aromatic heterocycles. The molecule has 0 atom stereocenters. The molecule has 0 aliphatic carbocycles. The first-order valence-corrected chi connectivity index (χ1v) is 8.05. The molecular weight excluding hydrogens is 381 g/mol. The van der Waals surface area contributed by atoms with Crippen molar-refractivity contribution in [1.29, 1.82) is 0 Å². The van der Waals surface area contributed by atoms with Gasteiger partial charge >= 0.3 is 6.18 Å². The van der Waals surface area contributed by atoms with E-state index in [1.165, 1.54) is 12.1 Å². The fourth-order valence-corrected chi connectivity index (χ4v) is 2.68. The van der Waals surface area contributed by atoms with E-state index >= 15 is 0 Å². The van der Waals surface area contributed by atoms with Crippen molar-refractivity contribution < 1.29 is 22.0 Å². The maximum Gasteiger partial charge on any atom is 0.416 e. The lowest BCUT2D eigenvalue weighted by atomic mass is 9.99. The van der Waals surface area contributed by atoms with Crippen LogP contribution in [0.2, 0.25) is 0 Å². The fraction of sp³-hybridized carbons (Fsp3) is 0.0500. The molecule has 0 fully saturated rings. The van der Waals surface area contributed by atoms with E-state index in [0.717, 1.165) is 24.3 Å². The SMILES string of the molecule is Fc1cc(-c2ccc(-c3ccc(C(F)(F)F)cc3)cc2)cc(F)c1N=C=S. The highest BCUT2D eigenvalue weighted by atomic mass is 32.1. The lowest BCUT2D eigenvalue weighted by Gasteiger charge is -2.09. The second kappa shape index (κ2) is 7.39. The summed E-state index contributed by atoms with van der Waals surface area (Å²) in [6.07, 6.45) is -4.39. The second-order valence-electron chi connectivity index (χ2n) is 5.64. The molecule has 0 aliphatic heterocycles. The van der Waals surface area contributed by atoms with Crippen LogP contribution in [-0.4, -0.2) is 5.16 Å². The molecule has 0 amide bonds. The first kappa shape index (κ1) is 18.9. The molecule has 0 N–H and O–H groups in total. The van der Waals surface area contributed by atoms with Crippen LogP contribution in [0.3, 0.4) is 0 Å². The highest BCUT2D eigenvalue weighted by molar-refractivity contribution is 7.78. The quantitative estimate of drug-likeness (QED) is 0.265. The van der Waals surface area contributed by atoms with Gasteiger partial charge in [0, 0.05) is 0 Å². The summed E-state index contributed by atoms with van der Waals surface area (Å²) in [6, 6.07) is 13.6. The lowest BCUT2D eigenvalue weighted by molar-refractivity contribution is -0.137. The van der Waals surface area contributed by atoms with Gasteiger partial charge in [0.1, 0.15) is 5.69 Å². The van der Waals surface area contributed by atoms with Gasteiger partial charge in [0.05, 0.1) is 10.7 Å². The number of alkyl halides is 3. The molecule has 0 saturated carbocycles. The van der Waals surface area contributed by atoms with Gasteiger partial charge in [0.25, 0.3) is 0 Å². The second-order valence-corrected chi connectivity index (χ2v) is 5.83. The van der Waals surface area contributed by atoms with Crippen molar-refractivity contribution in [3.05, 3.63) is 77.9 Å². The molecule has 0 bridgehead atoms.